The first-order valence-corrected chi connectivity index (χ1v) is 6.66. The van der Waals surface area contributed by atoms with Crippen LogP contribution in [0.3, 0.4) is 0 Å². The maximum Gasteiger partial charge on any atom is 0.124 e. The van der Waals surface area contributed by atoms with Gasteiger partial charge >= 0.3 is 0 Å². The summed E-state index contributed by atoms with van der Waals surface area (Å²) in [5, 5.41) is 6.52. The second-order valence-corrected chi connectivity index (χ2v) is 5.48. The summed E-state index contributed by atoms with van der Waals surface area (Å²) < 4.78 is 5.68. The number of aromatic nitrogens is 1. The molecule has 0 saturated carbocycles. The fraction of sp³-hybridized carbons (Fsp3) is 0.750. The standard InChI is InChI=1S/C12H22N2OS/c1-6-15-12(4,5)11-14-10(8-16-11)7-13-9(2)3/h8-9,13H,6-7H2,1-5H3. The molecule has 0 radical (unpaired) electrons. The zero-order valence-electron chi connectivity index (χ0n) is 10.8. The molecule has 1 N–H and O–H groups in total. The van der Waals surface area contributed by atoms with Crippen molar-refractivity contribution in [3.8, 4) is 0 Å². The van der Waals surface area contributed by atoms with Gasteiger partial charge < -0.3 is 10.1 Å². The first-order valence-electron chi connectivity index (χ1n) is 5.78. The third kappa shape index (κ3) is 3.85. The Labute approximate surface area is 102 Å². The van der Waals surface area contributed by atoms with Crippen LogP contribution in [0.4, 0.5) is 0 Å². The fourth-order valence-electron chi connectivity index (χ4n) is 1.40. The van der Waals surface area contributed by atoms with Crippen molar-refractivity contribution in [3.63, 3.8) is 0 Å². The quantitative estimate of drug-likeness (QED) is 0.833. The van der Waals surface area contributed by atoms with E-state index in [-0.39, 0.29) is 5.60 Å². The van der Waals surface area contributed by atoms with Crippen LogP contribution < -0.4 is 5.32 Å². The van der Waals surface area contributed by atoms with E-state index in [0.29, 0.717) is 12.6 Å². The minimum atomic E-state index is -0.268. The topological polar surface area (TPSA) is 34.1 Å². The summed E-state index contributed by atoms with van der Waals surface area (Å²) in [5.41, 5.74) is 0.830. The van der Waals surface area contributed by atoms with Gasteiger partial charge in [-0.3, -0.25) is 0 Å². The van der Waals surface area contributed by atoms with Gasteiger partial charge in [0.05, 0.1) is 5.69 Å². The van der Waals surface area contributed by atoms with E-state index in [1.807, 2.05) is 6.92 Å². The van der Waals surface area contributed by atoms with Gasteiger partial charge in [0.15, 0.2) is 0 Å². The van der Waals surface area contributed by atoms with E-state index in [1.54, 1.807) is 11.3 Å². The third-order valence-corrected chi connectivity index (χ3v) is 3.46. The minimum Gasteiger partial charge on any atom is -0.369 e. The molecule has 0 aliphatic carbocycles. The predicted octanol–water partition coefficient (Wildman–Crippen LogP) is 2.91. The molecule has 0 amide bonds. The van der Waals surface area contributed by atoms with Crippen molar-refractivity contribution in [3.05, 3.63) is 16.1 Å². The molecular weight excluding hydrogens is 220 g/mol. The Morgan fingerprint density at radius 3 is 2.75 bits per heavy atom. The highest BCUT2D eigenvalue weighted by Crippen LogP contribution is 2.27. The lowest BCUT2D eigenvalue weighted by Crippen LogP contribution is -2.23. The zero-order valence-corrected chi connectivity index (χ0v) is 11.6. The molecule has 3 nitrogen and oxygen atoms in total. The Balaban J connectivity index is 2.63. The Hall–Kier alpha value is -0.450. The average molecular weight is 242 g/mol. The Morgan fingerprint density at radius 1 is 1.50 bits per heavy atom. The fourth-order valence-corrected chi connectivity index (χ4v) is 2.29. The normalized spacial score (nSPS) is 12.4. The van der Waals surface area contributed by atoms with Crippen molar-refractivity contribution < 1.29 is 4.74 Å². The van der Waals surface area contributed by atoms with E-state index >= 15 is 0 Å². The van der Waals surface area contributed by atoms with Crippen molar-refractivity contribution in [2.75, 3.05) is 6.61 Å². The van der Waals surface area contributed by atoms with Crippen LogP contribution in [-0.4, -0.2) is 17.6 Å². The Morgan fingerprint density at radius 2 is 2.19 bits per heavy atom. The Kier molecular flexibility index (Phi) is 4.89. The van der Waals surface area contributed by atoms with Crippen LogP contribution in [0.15, 0.2) is 5.38 Å². The summed E-state index contributed by atoms with van der Waals surface area (Å²) in [5.74, 6) is 0. The van der Waals surface area contributed by atoms with Crippen molar-refractivity contribution in [2.45, 2.75) is 52.8 Å². The van der Waals surface area contributed by atoms with E-state index < -0.39 is 0 Å². The van der Waals surface area contributed by atoms with Gasteiger partial charge in [0.1, 0.15) is 10.6 Å². The number of rotatable bonds is 6. The van der Waals surface area contributed by atoms with E-state index in [2.05, 4.69) is 43.4 Å². The molecule has 1 heterocycles. The van der Waals surface area contributed by atoms with Crippen LogP contribution >= 0.6 is 11.3 Å². The molecule has 0 aliphatic heterocycles. The van der Waals surface area contributed by atoms with Gasteiger partial charge in [0.2, 0.25) is 0 Å². The summed E-state index contributed by atoms with van der Waals surface area (Å²) in [7, 11) is 0. The SMILES string of the molecule is CCOC(C)(C)c1nc(CNC(C)C)cs1. The van der Waals surface area contributed by atoms with E-state index in [0.717, 1.165) is 17.2 Å². The monoisotopic (exact) mass is 242 g/mol. The summed E-state index contributed by atoms with van der Waals surface area (Å²) >= 11 is 1.67. The molecule has 0 aliphatic rings. The van der Waals surface area contributed by atoms with E-state index in [1.165, 1.54) is 0 Å². The molecule has 0 atom stereocenters. The number of nitrogens with zero attached hydrogens (tertiary/aromatic N) is 1. The van der Waals surface area contributed by atoms with Crippen LogP contribution in [0, 0.1) is 0 Å². The largest absolute Gasteiger partial charge is 0.369 e. The molecule has 0 unspecified atom stereocenters. The molecule has 1 aromatic rings. The third-order valence-electron chi connectivity index (χ3n) is 2.26. The van der Waals surface area contributed by atoms with E-state index in [4.69, 9.17) is 4.74 Å². The van der Waals surface area contributed by atoms with Gasteiger partial charge in [-0.25, -0.2) is 4.98 Å². The first-order chi connectivity index (χ1) is 7.45. The highest BCUT2D eigenvalue weighted by atomic mass is 32.1. The molecule has 0 spiro atoms. The molecule has 1 rings (SSSR count). The van der Waals surface area contributed by atoms with Crippen LogP contribution in [0.5, 0.6) is 0 Å². The number of ether oxygens (including phenoxy) is 1. The highest BCUT2D eigenvalue weighted by molar-refractivity contribution is 7.09. The van der Waals surface area contributed by atoms with Crippen molar-refractivity contribution >= 4 is 11.3 Å². The molecule has 4 heteroatoms. The van der Waals surface area contributed by atoms with Crippen molar-refractivity contribution in [1.82, 2.24) is 10.3 Å². The van der Waals surface area contributed by atoms with Gasteiger partial charge in [-0.15, -0.1) is 11.3 Å². The second-order valence-electron chi connectivity index (χ2n) is 4.62. The summed E-state index contributed by atoms with van der Waals surface area (Å²) in [6, 6.07) is 0.491. The van der Waals surface area contributed by atoms with Crippen molar-refractivity contribution in [1.29, 1.82) is 0 Å². The van der Waals surface area contributed by atoms with Gasteiger partial charge in [-0.2, -0.15) is 0 Å². The molecule has 92 valence electrons. The molecular formula is C12H22N2OS. The van der Waals surface area contributed by atoms with Gasteiger partial charge in [0.25, 0.3) is 0 Å². The zero-order chi connectivity index (χ0) is 12.2. The molecule has 0 saturated heterocycles. The molecule has 0 fully saturated rings. The molecule has 1 aromatic heterocycles. The summed E-state index contributed by atoms with van der Waals surface area (Å²) in [6.45, 7) is 12.0. The van der Waals surface area contributed by atoms with Crippen LogP contribution in [-0.2, 0) is 16.9 Å². The van der Waals surface area contributed by atoms with Gasteiger partial charge in [-0.1, -0.05) is 13.8 Å². The number of thiazole rings is 1. The van der Waals surface area contributed by atoms with E-state index in [9.17, 15) is 0 Å². The van der Waals surface area contributed by atoms with Gasteiger partial charge in [0, 0.05) is 24.6 Å². The predicted molar refractivity (Wildman–Crippen MR) is 68.7 cm³/mol. The summed E-state index contributed by atoms with van der Waals surface area (Å²) in [6.07, 6.45) is 0. The van der Waals surface area contributed by atoms with Crippen LogP contribution in [0.1, 0.15) is 45.3 Å². The maximum atomic E-state index is 5.68. The lowest BCUT2D eigenvalue weighted by atomic mass is 10.1. The maximum absolute atomic E-state index is 5.68. The molecule has 0 aromatic carbocycles. The lowest BCUT2D eigenvalue weighted by Gasteiger charge is -2.21. The summed E-state index contributed by atoms with van der Waals surface area (Å²) in [4.78, 5) is 4.60. The van der Waals surface area contributed by atoms with Crippen LogP contribution in [0.2, 0.25) is 0 Å². The smallest absolute Gasteiger partial charge is 0.124 e. The molecule has 0 bridgehead atoms. The minimum absolute atomic E-state index is 0.268. The van der Waals surface area contributed by atoms with Crippen LogP contribution in [0.25, 0.3) is 0 Å². The lowest BCUT2D eigenvalue weighted by molar-refractivity contribution is -0.0142. The number of hydrogen-bond donors (Lipinski definition) is 1. The van der Waals surface area contributed by atoms with Crippen molar-refractivity contribution in [2.24, 2.45) is 0 Å². The first kappa shape index (κ1) is 13.6. The van der Waals surface area contributed by atoms with Gasteiger partial charge in [-0.05, 0) is 20.8 Å². The highest BCUT2D eigenvalue weighted by Gasteiger charge is 2.24. The average Bonchev–Trinajstić information content (AvgIpc) is 2.63. The molecule has 16 heavy (non-hydrogen) atoms. The number of hydrogen-bond acceptors (Lipinski definition) is 4. The number of nitrogens with one attached hydrogen (secondary N) is 1. The second kappa shape index (κ2) is 5.75. The Bertz CT molecular complexity index is 321.